The highest BCUT2D eigenvalue weighted by molar-refractivity contribution is 5.97. The summed E-state index contributed by atoms with van der Waals surface area (Å²) in [4.78, 5) is 18.6. The summed E-state index contributed by atoms with van der Waals surface area (Å²) >= 11 is 0. The molecule has 0 spiro atoms. The Balaban J connectivity index is 1.84. The quantitative estimate of drug-likeness (QED) is 0.838. The maximum absolute atomic E-state index is 12.8. The van der Waals surface area contributed by atoms with Gasteiger partial charge in [0.05, 0.1) is 19.3 Å². The number of nitrogens with zero attached hydrogens (tertiary/aromatic N) is 2. The minimum Gasteiger partial charge on any atom is -0.443 e. The lowest BCUT2D eigenvalue weighted by Gasteiger charge is -2.27. The Morgan fingerprint density at radius 2 is 2.43 bits per heavy atom. The Bertz CT molecular complexity index is 619. The van der Waals surface area contributed by atoms with E-state index in [2.05, 4.69) is 4.98 Å². The number of rotatable bonds is 5. The van der Waals surface area contributed by atoms with Crippen LogP contribution < -0.4 is 0 Å². The fraction of sp³-hybridized carbons (Fsp3) is 0.467. The first-order valence-corrected chi connectivity index (χ1v) is 7.00. The molecule has 1 fully saturated rings. The first-order chi connectivity index (χ1) is 10.3. The molecule has 112 valence electrons. The fourth-order valence-corrected chi connectivity index (χ4v) is 2.56. The Morgan fingerprint density at radius 3 is 3.19 bits per heavy atom. The molecule has 0 bridgehead atoms. The summed E-state index contributed by atoms with van der Waals surface area (Å²) < 4.78 is 15.8. The number of hydrogen-bond donors (Lipinski definition) is 0. The Hall–Kier alpha value is -1.92. The van der Waals surface area contributed by atoms with Crippen LogP contribution in [0.5, 0.6) is 0 Å². The molecule has 2 aromatic rings. The van der Waals surface area contributed by atoms with Crippen molar-refractivity contribution >= 4 is 17.0 Å². The molecule has 6 heteroatoms. The van der Waals surface area contributed by atoms with Gasteiger partial charge in [0, 0.05) is 25.8 Å². The number of carbonyl (C=O) groups excluding carboxylic acids is 1. The Kier molecular flexibility index (Phi) is 4.17. The van der Waals surface area contributed by atoms with Crippen LogP contribution in [-0.4, -0.2) is 55.3 Å². The third-order valence-electron chi connectivity index (χ3n) is 3.72. The second-order valence-corrected chi connectivity index (χ2v) is 5.04. The monoisotopic (exact) mass is 290 g/mol. The Labute approximate surface area is 122 Å². The van der Waals surface area contributed by atoms with Crippen LogP contribution in [0.1, 0.15) is 16.8 Å². The number of oxazole rings is 1. The standard InChI is InChI=1S/C15H18N2O4/c1-19-7-5-17(12-4-6-20-9-12)15(18)11-2-3-13-14(8-11)21-10-16-13/h2-3,8,10,12H,4-7,9H2,1H3/t12-/m0/s1. The summed E-state index contributed by atoms with van der Waals surface area (Å²) in [7, 11) is 1.63. The molecule has 6 nitrogen and oxygen atoms in total. The molecule has 21 heavy (non-hydrogen) atoms. The number of carbonyl (C=O) groups is 1. The molecule has 1 aromatic carbocycles. The van der Waals surface area contributed by atoms with Crippen molar-refractivity contribution in [2.45, 2.75) is 12.5 Å². The molecule has 1 atom stereocenters. The van der Waals surface area contributed by atoms with Gasteiger partial charge in [0.25, 0.3) is 5.91 Å². The van der Waals surface area contributed by atoms with E-state index in [1.54, 1.807) is 25.3 Å². The third-order valence-corrected chi connectivity index (χ3v) is 3.72. The molecular formula is C15H18N2O4. The maximum atomic E-state index is 12.8. The second kappa shape index (κ2) is 6.24. The largest absolute Gasteiger partial charge is 0.443 e. The Morgan fingerprint density at radius 1 is 1.52 bits per heavy atom. The van der Waals surface area contributed by atoms with Gasteiger partial charge < -0.3 is 18.8 Å². The van der Waals surface area contributed by atoms with Crippen LogP contribution in [0.4, 0.5) is 0 Å². The topological polar surface area (TPSA) is 64.8 Å². The summed E-state index contributed by atoms with van der Waals surface area (Å²) in [6.45, 7) is 2.34. The number of fused-ring (bicyclic) bond motifs is 1. The van der Waals surface area contributed by atoms with E-state index < -0.39 is 0 Å². The van der Waals surface area contributed by atoms with Gasteiger partial charge in [-0.25, -0.2) is 4.98 Å². The predicted octanol–water partition coefficient (Wildman–Crippen LogP) is 1.71. The molecule has 2 heterocycles. The molecule has 0 aliphatic carbocycles. The molecule has 1 amide bonds. The summed E-state index contributed by atoms with van der Waals surface area (Å²) in [5.41, 5.74) is 1.97. The van der Waals surface area contributed by atoms with Crippen molar-refractivity contribution in [3.05, 3.63) is 30.2 Å². The molecule has 0 N–H and O–H groups in total. The zero-order chi connectivity index (χ0) is 14.7. The number of hydrogen-bond acceptors (Lipinski definition) is 5. The van der Waals surface area contributed by atoms with Crippen molar-refractivity contribution in [3.8, 4) is 0 Å². The first kappa shape index (κ1) is 14.0. The lowest BCUT2D eigenvalue weighted by Crippen LogP contribution is -2.42. The van der Waals surface area contributed by atoms with Gasteiger partial charge in [0.1, 0.15) is 5.52 Å². The predicted molar refractivity (Wildman–Crippen MR) is 76.1 cm³/mol. The van der Waals surface area contributed by atoms with Crippen LogP contribution in [0.15, 0.2) is 29.0 Å². The van der Waals surface area contributed by atoms with E-state index in [4.69, 9.17) is 13.9 Å². The lowest BCUT2D eigenvalue weighted by atomic mass is 10.1. The highest BCUT2D eigenvalue weighted by Gasteiger charge is 2.28. The molecule has 1 aliphatic rings. The molecule has 0 radical (unpaired) electrons. The van der Waals surface area contributed by atoms with Crippen LogP contribution >= 0.6 is 0 Å². The lowest BCUT2D eigenvalue weighted by molar-refractivity contribution is 0.0576. The van der Waals surface area contributed by atoms with Crippen LogP contribution in [-0.2, 0) is 9.47 Å². The van der Waals surface area contributed by atoms with Gasteiger partial charge in [-0.15, -0.1) is 0 Å². The van der Waals surface area contributed by atoms with Crippen LogP contribution in [0.25, 0.3) is 11.1 Å². The van der Waals surface area contributed by atoms with E-state index in [9.17, 15) is 4.79 Å². The molecule has 1 aliphatic heterocycles. The first-order valence-electron chi connectivity index (χ1n) is 7.00. The maximum Gasteiger partial charge on any atom is 0.254 e. The van der Waals surface area contributed by atoms with Crippen LogP contribution in [0, 0.1) is 0 Å². The van der Waals surface area contributed by atoms with Gasteiger partial charge in [-0.2, -0.15) is 0 Å². The summed E-state index contributed by atoms with van der Waals surface area (Å²) in [6.07, 6.45) is 2.24. The zero-order valence-corrected chi connectivity index (χ0v) is 11.9. The van der Waals surface area contributed by atoms with E-state index in [0.29, 0.717) is 37.5 Å². The van der Waals surface area contributed by atoms with E-state index in [0.717, 1.165) is 11.9 Å². The minimum atomic E-state index is -0.0270. The summed E-state index contributed by atoms with van der Waals surface area (Å²) in [6, 6.07) is 5.42. The van der Waals surface area contributed by atoms with E-state index in [-0.39, 0.29) is 11.9 Å². The van der Waals surface area contributed by atoms with Gasteiger partial charge in [-0.3, -0.25) is 4.79 Å². The van der Waals surface area contributed by atoms with Gasteiger partial charge in [-0.05, 0) is 24.6 Å². The molecule has 3 rings (SSSR count). The smallest absolute Gasteiger partial charge is 0.254 e. The minimum absolute atomic E-state index is 0.0270. The van der Waals surface area contributed by atoms with Crippen molar-refractivity contribution in [1.29, 1.82) is 0 Å². The van der Waals surface area contributed by atoms with Gasteiger partial charge in [0.2, 0.25) is 0 Å². The highest BCUT2D eigenvalue weighted by atomic mass is 16.5. The van der Waals surface area contributed by atoms with Crippen LogP contribution in [0.3, 0.4) is 0 Å². The van der Waals surface area contributed by atoms with Gasteiger partial charge in [-0.1, -0.05) is 0 Å². The molecule has 1 aromatic heterocycles. The molecule has 0 unspecified atom stereocenters. The average Bonchev–Trinajstić information content (AvgIpc) is 3.18. The number of benzene rings is 1. The van der Waals surface area contributed by atoms with Crippen molar-refractivity contribution in [3.63, 3.8) is 0 Å². The number of amides is 1. The van der Waals surface area contributed by atoms with Crippen molar-refractivity contribution in [2.75, 3.05) is 33.5 Å². The van der Waals surface area contributed by atoms with Crippen LogP contribution in [0.2, 0.25) is 0 Å². The number of aromatic nitrogens is 1. The summed E-state index contributed by atoms with van der Waals surface area (Å²) in [5, 5.41) is 0. The van der Waals surface area contributed by atoms with E-state index in [1.807, 2.05) is 4.90 Å². The van der Waals surface area contributed by atoms with Gasteiger partial charge in [0.15, 0.2) is 12.0 Å². The molecule has 0 saturated carbocycles. The number of methoxy groups -OCH3 is 1. The third kappa shape index (κ3) is 2.91. The second-order valence-electron chi connectivity index (χ2n) is 5.04. The fourth-order valence-electron chi connectivity index (χ4n) is 2.56. The van der Waals surface area contributed by atoms with Gasteiger partial charge >= 0.3 is 0 Å². The van der Waals surface area contributed by atoms with Crippen molar-refractivity contribution < 1.29 is 18.7 Å². The summed E-state index contributed by atoms with van der Waals surface area (Å²) in [5.74, 6) is -0.0270. The average molecular weight is 290 g/mol. The van der Waals surface area contributed by atoms with E-state index in [1.165, 1.54) is 6.39 Å². The molecular weight excluding hydrogens is 272 g/mol. The SMILES string of the molecule is COCCN(C(=O)c1ccc2ncoc2c1)[C@H]1CCOC1. The highest BCUT2D eigenvalue weighted by Crippen LogP contribution is 2.19. The normalized spacial score (nSPS) is 18.2. The van der Waals surface area contributed by atoms with Crippen molar-refractivity contribution in [2.24, 2.45) is 0 Å². The van der Waals surface area contributed by atoms with Crippen molar-refractivity contribution in [1.82, 2.24) is 9.88 Å². The zero-order valence-electron chi connectivity index (χ0n) is 11.9. The number of ether oxygens (including phenoxy) is 2. The van der Waals surface area contributed by atoms with E-state index >= 15 is 0 Å². The molecule has 1 saturated heterocycles.